The van der Waals surface area contributed by atoms with Gasteiger partial charge in [0, 0.05) is 0 Å². The Morgan fingerprint density at radius 3 is 1.56 bits per heavy atom. The summed E-state index contributed by atoms with van der Waals surface area (Å²) >= 11 is 0. The predicted molar refractivity (Wildman–Crippen MR) is 77.2 cm³/mol. The van der Waals surface area contributed by atoms with Crippen LogP contribution in [-0.4, -0.2) is 42.0 Å². The van der Waals surface area contributed by atoms with E-state index in [2.05, 4.69) is 33.0 Å². The van der Waals surface area contributed by atoms with Crippen LogP contribution in [0.1, 0.15) is 0 Å². The van der Waals surface area contributed by atoms with Crippen molar-refractivity contribution in [2.24, 2.45) is 0 Å². The van der Waals surface area contributed by atoms with Crippen LogP contribution in [0.25, 0.3) is 0 Å². The summed E-state index contributed by atoms with van der Waals surface area (Å²) in [5.74, 6) is 0.542. The maximum Gasteiger partial charge on any atom is 0.310 e. The van der Waals surface area contributed by atoms with Crippen molar-refractivity contribution in [3.05, 3.63) is 0 Å². The first-order valence-electron chi connectivity index (χ1n) is 5.66. The second kappa shape index (κ2) is 6.85. The molecule has 1 aromatic heterocycles. The SMILES string of the molecule is C[Si](C)Nc1nc(O[Si](C)C)nc(O[Si](C)C)n1. The summed E-state index contributed by atoms with van der Waals surface area (Å²) in [5, 5.41) is 0. The largest absolute Gasteiger partial charge is 0.516 e. The van der Waals surface area contributed by atoms with Gasteiger partial charge in [-0.3, -0.25) is 0 Å². The monoisotopic (exact) mass is 299 g/mol. The molecule has 0 aliphatic rings. The van der Waals surface area contributed by atoms with Gasteiger partial charge in [0.2, 0.25) is 5.95 Å². The average Bonchev–Trinajstić information content (AvgIpc) is 2.12. The minimum absolute atomic E-state index is 0.355. The van der Waals surface area contributed by atoms with E-state index in [1.807, 2.05) is 26.2 Å². The number of aromatic nitrogens is 3. The van der Waals surface area contributed by atoms with Crippen molar-refractivity contribution in [1.29, 1.82) is 0 Å². The van der Waals surface area contributed by atoms with Crippen molar-refractivity contribution in [3.8, 4) is 12.0 Å². The molecule has 1 rings (SSSR count). The van der Waals surface area contributed by atoms with E-state index in [4.69, 9.17) is 8.85 Å². The number of rotatable bonds is 6. The van der Waals surface area contributed by atoms with Gasteiger partial charge in [-0.2, -0.15) is 9.97 Å². The number of nitrogens with one attached hydrogen (secondary N) is 1. The van der Waals surface area contributed by atoms with E-state index in [-0.39, 0.29) is 0 Å². The quantitative estimate of drug-likeness (QED) is 0.808. The van der Waals surface area contributed by atoms with Gasteiger partial charge < -0.3 is 13.8 Å². The van der Waals surface area contributed by atoms with Gasteiger partial charge in [-0.25, -0.2) is 0 Å². The van der Waals surface area contributed by atoms with Crippen molar-refractivity contribution in [1.82, 2.24) is 15.0 Å². The molecule has 0 saturated heterocycles. The van der Waals surface area contributed by atoms with Gasteiger partial charge in [0.1, 0.15) is 0 Å². The van der Waals surface area contributed by atoms with Gasteiger partial charge in [-0.05, 0) is 26.2 Å². The van der Waals surface area contributed by atoms with Crippen LogP contribution in [0.4, 0.5) is 5.95 Å². The lowest BCUT2D eigenvalue weighted by atomic mass is 10.9. The molecule has 0 unspecified atom stereocenters. The van der Waals surface area contributed by atoms with Crippen LogP contribution in [0, 0.1) is 0 Å². The van der Waals surface area contributed by atoms with Crippen LogP contribution in [0.3, 0.4) is 0 Å². The average molecular weight is 300 g/mol. The Hall–Kier alpha value is -0.939. The van der Waals surface area contributed by atoms with E-state index in [1.54, 1.807) is 0 Å². The molecule has 0 aliphatic heterocycles. The maximum absolute atomic E-state index is 5.60. The molecule has 1 heterocycles. The van der Waals surface area contributed by atoms with Gasteiger partial charge >= 0.3 is 12.0 Å². The van der Waals surface area contributed by atoms with Crippen LogP contribution in [-0.2, 0) is 0 Å². The summed E-state index contributed by atoms with van der Waals surface area (Å²) in [6, 6.07) is 0.709. The highest BCUT2D eigenvalue weighted by atomic mass is 28.3. The molecule has 0 bridgehead atoms. The lowest BCUT2D eigenvalue weighted by molar-refractivity contribution is 0.478. The van der Waals surface area contributed by atoms with E-state index in [0.29, 0.717) is 18.0 Å². The third-order valence-corrected chi connectivity index (χ3v) is 3.45. The number of anilines is 1. The lowest BCUT2D eigenvalue weighted by Gasteiger charge is -2.13. The molecule has 0 saturated carbocycles. The highest BCUT2D eigenvalue weighted by Crippen LogP contribution is 2.14. The highest BCUT2D eigenvalue weighted by Gasteiger charge is 2.13. The fourth-order valence-corrected chi connectivity index (χ4v) is 2.55. The molecule has 9 heteroatoms. The summed E-state index contributed by atoms with van der Waals surface area (Å²) < 4.78 is 11.2. The summed E-state index contributed by atoms with van der Waals surface area (Å²) in [5.41, 5.74) is 0. The van der Waals surface area contributed by atoms with E-state index >= 15 is 0 Å². The van der Waals surface area contributed by atoms with Gasteiger partial charge in [-0.15, -0.1) is 4.98 Å². The molecule has 6 nitrogen and oxygen atoms in total. The van der Waals surface area contributed by atoms with Crippen LogP contribution < -0.4 is 13.8 Å². The molecule has 99 valence electrons. The molecule has 18 heavy (non-hydrogen) atoms. The fourth-order valence-electron chi connectivity index (χ4n) is 1.07. The Morgan fingerprint density at radius 2 is 1.22 bits per heavy atom. The Morgan fingerprint density at radius 1 is 0.778 bits per heavy atom. The molecular weight excluding hydrogens is 280 g/mol. The third-order valence-electron chi connectivity index (χ3n) is 1.55. The van der Waals surface area contributed by atoms with Gasteiger partial charge in [0.25, 0.3) is 18.1 Å². The first-order valence-corrected chi connectivity index (χ1v) is 13.0. The molecule has 3 radical (unpaired) electrons. The minimum Gasteiger partial charge on any atom is -0.516 e. The maximum atomic E-state index is 5.60. The van der Waals surface area contributed by atoms with E-state index < -0.39 is 27.0 Å². The molecule has 0 aromatic carbocycles. The topological polar surface area (TPSA) is 69.2 Å². The molecule has 0 aliphatic carbocycles. The zero-order valence-electron chi connectivity index (χ0n) is 11.7. The number of hydrogen-bond donors (Lipinski definition) is 1. The van der Waals surface area contributed by atoms with Gasteiger partial charge in [-0.1, -0.05) is 13.1 Å². The van der Waals surface area contributed by atoms with Crippen LogP contribution in [0.15, 0.2) is 0 Å². The van der Waals surface area contributed by atoms with E-state index in [1.165, 1.54) is 0 Å². The van der Waals surface area contributed by atoms with E-state index in [9.17, 15) is 0 Å². The lowest BCUT2D eigenvalue weighted by Crippen LogP contribution is -2.21. The zero-order valence-corrected chi connectivity index (χ0v) is 14.7. The predicted octanol–water partition coefficient (Wildman–Crippen LogP) is 1.79. The second-order valence-corrected chi connectivity index (χ2v) is 10.7. The molecular formula is C9H19N4O2Si3. The number of hydrogen-bond acceptors (Lipinski definition) is 6. The summed E-state index contributed by atoms with van der Waals surface area (Å²) in [6.07, 6.45) is 0. The first kappa shape index (κ1) is 15.1. The molecule has 1 aromatic rings. The van der Waals surface area contributed by atoms with Gasteiger partial charge in [0.15, 0.2) is 8.96 Å². The summed E-state index contributed by atoms with van der Waals surface area (Å²) in [7, 11) is -2.46. The van der Waals surface area contributed by atoms with Crippen molar-refractivity contribution in [2.45, 2.75) is 39.3 Å². The first-order chi connectivity index (χ1) is 8.36. The van der Waals surface area contributed by atoms with Crippen molar-refractivity contribution in [3.63, 3.8) is 0 Å². The van der Waals surface area contributed by atoms with E-state index in [0.717, 1.165) is 0 Å². The Balaban J connectivity index is 2.95. The van der Waals surface area contributed by atoms with Crippen molar-refractivity contribution in [2.75, 3.05) is 4.98 Å². The molecule has 0 atom stereocenters. The standard InChI is InChI=1S/C9H19N4O2Si3/c1-16(2)13-7-10-8(14-17(3)4)12-9(11-7)15-18(5)6/h1-6H3,(H,10,11,12,13). The third kappa shape index (κ3) is 5.60. The van der Waals surface area contributed by atoms with Crippen LogP contribution in [0.5, 0.6) is 12.0 Å². The Kier molecular flexibility index (Phi) is 5.75. The van der Waals surface area contributed by atoms with Crippen LogP contribution >= 0.6 is 0 Å². The normalized spacial score (nSPS) is 11.2. The van der Waals surface area contributed by atoms with Crippen LogP contribution in [0.2, 0.25) is 39.3 Å². The second-order valence-electron chi connectivity index (χ2n) is 4.37. The molecule has 0 spiro atoms. The molecule has 1 N–H and O–H groups in total. The summed E-state index contributed by atoms with van der Waals surface area (Å²) in [6.45, 7) is 12.4. The smallest absolute Gasteiger partial charge is 0.310 e. The number of nitrogens with zero attached hydrogens (tertiary/aromatic N) is 3. The van der Waals surface area contributed by atoms with Crippen molar-refractivity contribution < 1.29 is 8.85 Å². The highest BCUT2D eigenvalue weighted by molar-refractivity contribution is 6.59. The summed E-state index contributed by atoms with van der Waals surface area (Å²) in [4.78, 5) is 15.9. The van der Waals surface area contributed by atoms with Crippen molar-refractivity contribution >= 4 is 33.0 Å². The molecule has 0 amide bonds. The zero-order chi connectivity index (χ0) is 13.7. The molecule has 0 fully saturated rings. The Bertz CT molecular complexity index is 321. The minimum atomic E-state index is -0.895. The fraction of sp³-hybridized carbons (Fsp3) is 0.667. The van der Waals surface area contributed by atoms with Gasteiger partial charge in [0.05, 0.1) is 0 Å². The Labute approximate surface area is 113 Å².